The van der Waals surface area contributed by atoms with E-state index in [0.29, 0.717) is 25.1 Å². The summed E-state index contributed by atoms with van der Waals surface area (Å²) in [6, 6.07) is 14.5. The van der Waals surface area contributed by atoms with Gasteiger partial charge in [0.1, 0.15) is 0 Å². The third-order valence-electron chi connectivity index (χ3n) is 5.96. The van der Waals surface area contributed by atoms with Crippen molar-refractivity contribution in [1.29, 1.82) is 0 Å². The molecule has 5 nitrogen and oxygen atoms in total. The second kappa shape index (κ2) is 8.67. The molecule has 0 radical (unpaired) electrons. The fraction of sp³-hybridized carbons (Fsp3) is 0.435. The van der Waals surface area contributed by atoms with Gasteiger partial charge in [-0.15, -0.1) is 0 Å². The molecule has 0 saturated carbocycles. The Kier molecular flexibility index (Phi) is 6.01. The normalized spacial score (nSPS) is 18.6. The first-order chi connectivity index (χ1) is 14.1. The Labute approximate surface area is 173 Å². The quantitative estimate of drug-likeness (QED) is 0.770. The van der Waals surface area contributed by atoms with Gasteiger partial charge in [0.05, 0.1) is 4.90 Å². The highest BCUT2D eigenvalue weighted by Crippen LogP contribution is 2.25. The van der Waals surface area contributed by atoms with E-state index in [1.807, 2.05) is 23.1 Å². The van der Waals surface area contributed by atoms with Crippen LogP contribution in [0.4, 0.5) is 0 Å². The molecule has 0 unspecified atom stereocenters. The molecule has 0 aliphatic carbocycles. The second-order valence-electron chi connectivity index (χ2n) is 7.95. The van der Waals surface area contributed by atoms with Crippen LogP contribution in [0.3, 0.4) is 0 Å². The number of amides is 1. The summed E-state index contributed by atoms with van der Waals surface area (Å²) >= 11 is 0. The van der Waals surface area contributed by atoms with Gasteiger partial charge in [-0.25, -0.2) is 8.42 Å². The summed E-state index contributed by atoms with van der Waals surface area (Å²) in [6.45, 7) is 2.34. The van der Waals surface area contributed by atoms with E-state index in [9.17, 15) is 13.2 Å². The summed E-state index contributed by atoms with van der Waals surface area (Å²) < 4.78 is 28.0. The number of rotatable bonds is 3. The highest BCUT2D eigenvalue weighted by atomic mass is 32.2. The number of likely N-dealkylation sites (tertiary alicyclic amines) is 1. The molecule has 2 aromatic carbocycles. The summed E-state index contributed by atoms with van der Waals surface area (Å²) in [6.07, 6.45) is 6.26. The molecular weight excluding hydrogens is 384 g/mol. The molecule has 29 heavy (non-hydrogen) atoms. The van der Waals surface area contributed by atoms with Gasteiger partial charge in [-0.1, -0.05) is 49.6 Å². The first-order valence-corrected chi connectivity index (χ1v) is 12.0. The third-order valence-corrected chi connectivity index (χ3v) is 7.80. The summed E-state index contributed by atoms with van der Waals surface area (Å²) in [5.74, 6) is -0.0621. The van der Waals surface area contributed by atoms with Gasteiger partial charge in [-0.05, 0) is 48.6 Å². The summed E-state index contributed by atoms with van der Waals surface area (Å²) in [5.41, 5.74) is 2.72. The molecule has 4 rings (SSSR count). The smallest absolute Gasteiger partial charge is 0.253 e. The molecule has 1 saturated heterocycles. The van der Waals surface area contributed by atoms with Crippen LogP contribution in [0.25, 0.3) is 0 Å². The van der Waals surface area contributed by atoms with E-state index in [2.05, 4.69) is 6.07 Å². The predicted molar refractivity (Wildman–Crippen MR) is 113 cm³/mol. The largest absolute Gasteiger partial charge is 0.339 e. The van der Waals surface area contributed by atoms with E-state index in [1.165, 1.54) is 16.3 Å². The number of hydrogen-bond donors (Lipinski definition) is 0. The topological polar surface area (TPSA) is 57.7 Å². The Morgan fingerprint density at radius 3 is 2.24 bits per heavy atom. The van der Waals surface area contributed by atoms with Crippen molar-refractivity contribution < 1.29 is 13.2 Å². The maximum Gasteiger partial charge on any atom is 0.253 e. The zero-order chi connectivity index (χ0) is 20.3. The van der Waals surface area contributed by atoms with Gasteiger partial charge in [-0.2, -0.15) is 4.31 Å². The summed E-state index contributed by atoms with van der Waals surface area (Å²) in [5, 5.41) is 0. The lowest BCUT2D eigenvalue weighted by atomic mass is 10.0. The van der Waals surface area contributed by atoms with Crippen molar-refractivity contribution in [3.63, 3.8) is 0 Å². The van der Waals surface area contributed by atoms with Crippen molar-refractivity contribution >= 4 is 15.9 Å². The molecule has 2 aliphatic rings. The average Bonchev–Trinajstić information content (AvgIpc) is 2.73. The lowest BCUT2D eigenvalue weighted by molar-refractivity contribution is 0.0742. The molecule has 2 aliphatic heterocycles. The molecular formula is C23H28N2O3S. The molecule has 0 aromatic heterocycles. The van der Waals surface area contributed by atoms with E-state index in [-0.39, 0.29) is 10.8 Å². The number of fused-ring (bicyclic) bond motifs is 1. The van der Waals surface area contributed by atoms with Crippen molar-refractivity contribution in [1.82, 2.24) is 9.21 Å². The Morgan fingerprint density at radius 2 is 1.48 bits per heavy atom. The fourth-order valence-electron chi connectivity index (χ4n) is 4.25. The van der Waals surface area contributed by atoms with E-state index < -0.39 is 10.0 Å². The highest BCUT2D eigenvalue weighted by molar-refractivity contribution is 7.89. The van der Waals surface area contributed by atoms with E-state index in [0.717, 1.165) is 44.3 Å². The second-order valence-corrected chi connectivity index (χ2v) is 9.88. The van der Waals surface area contributed by atoms with Crippen LogP contribution in [0.1, 0.15) is 53.6 Å². The van der Waals surface area contributed by atoms with E-state index in [4.69, 9.17) is 0 Å². The van der Waals surface area contributed by atoms with Gasteiger partial charge < -0.3 is 4.90 Å². The highest BCUT2D eigenvalue weighted by Gasteiger charge is 2.29. The number of carbonyl (C=O) groups is 1. The van der Waals surface area contributed by atoms with Crippen LogP contribution in [0.15, 0.2) is 53.4 Å². The number of sulfonamides is 1. The Morgan fingerprint density at radius 1 is 0.793 bits per heavy atom. The first kappa shape index (κ1) is 20.1. The maximum absolute atomic E-state index is 13.2. The van der Waals surface area contributed by atoms with Crippen molar-refractivity contribution in [2.75, 3.05) is 19.6 Å². The number of carbonyl (C=O) groups excluding carboxylic acids is 1. The van der Waals surface area contributed by atoms with Gasteiger partial charge in [-0.3, -0.25) is 4.79 Å². The SMILES string of the molecule is O=C(c1cccc(S(=O)(=O)N2CCc3ccccc3C2)c1)N1CCCCCCC1. The summed E-state index contributed by atoms with van der Waals surface area (Å²) in [4.78, 5) is 15.1. The molecule has 1 fully saturated rings. The minimum Gasteiger partial charge on any atom is -0.339 e. The van der Waals surface area contributed by atoms with Crippen LogP contribution in [0.2, 0.25) is 0 Å². The maximum atomic E-state index is 13.2. The molecule has 0 spiro atoms. The minimum atomic E-state index is -3.64. The standard InChI is InChI=1S/C23H28N2O3S/c26-23(24-14-6-2-1-3-7-15-24)20-11-8-12-22(17-20)29(27,28)25-16-13-19-9-4-5-10-21(19)18-25/h4-5,8-12,17H,1-3,6-7,13-16,18H2. The molecule has 0 N–H and O–H groups in total. The zero-order valence-corrected chi connectivity index (χ0v) is 17.5. The van der Waals surface area contributed by atoms with Gasteiger partial charge >= 0.3 is 0 Å². The Bertz CT molecular complexity index is 979. The molecule has 1 amide bonds. The van der Waals surface area contributed by atoms with E-state index in [1.54, 1.807) is 24.3 Å². The molecule has 2 aromatic rings. The van der Waals surface area contributed by atoms with E-state index >= 15 is 0 Å². The zero-order valence-electron chi connectivity index (χ0n) is 16.7. The van der Waals surface area contributed by atoms with Gasteiger partial charge in [0.15, 0.2) is 0 Å². The van der Waals surface area contributed by atoms with Crippen LogP contribution in [-0.4, -0.2) is 43.2 Å². The molecule has 0 atom stereocenters. The van der Waals surface area contributed by atoms with Crippen molar-refractivity contribution in [3.05, 3.63) is 65.2 Å². The average molecular weight is 413 g/mol. The molecule has 6 heteroatoms. The van der Waals surface area contributed by atoms with Gasteiger partial charge in [0.25, 0.3) is 5.91 Å². The fourth-order valence-corrected chi connectivity index (χ4v) is 5.71. The monoisotopic (exact) mass is 412 g/mol. The Balaban J connectivity index is 1.55. The van der Waals surface area contributed by atoms with Crippen LogP contribution in [-0.2, 0) is 23.0 Å². The minimum absolute atomic E-state index is 0.0621. The predicted octanol–water partition coefficient (Wildman–Crippen LogP) is 3.84. The number of nitrogens with zero attached hydrogens (tertiary/aromatic N) is 2. The van der Waals surface area contributed by atoms with Crippen LogP contribution >= 0.6 is 0 Å². The molecule has 0 bridgehead atoms. The molecule has 2 heterocycles. The van der Waals surface area contributed by atoms with Crippen LogP contribution < -0.4 is 0 Å². The lowest BCUT2D eigenvalue weighted by Gasteiger charge is -2.28. The number of hydrogen-bond acceptors (Lipinski definition) is 3. The van der Waals surface area contributed by atoms with Crippen LogP contribution in [0.5, 0.6) is 0 Å². The van der Waals surface area contributed by atoms with Crippen molar-refractivity contribution in [3.8, 4) is 0 Å². The molecule has 154 valence electrons. The van der Waals surface area contributed by atoms with Crippen LogP contribution in [0, 0.1) is 0 Å². The van der Waals surface area contributed by atoms with Crippen molar-refractivity contribution in [2.24, 2.45) is 0 Å². The number of benzene rings is 2. The third kappa shape index (κ3) is 4.38. The van der Waals surface area contributed by atoms with Gasteiger partial charge in [0, 0.05) is 31.7 Å². The first-order valence-electron chi connectivity index (χ1n) is 10.5. The van der Waals surface area contributed by atoms with Crippen molar-refractivity contribution in [2.45, 2.75) is 50.0 Å². The Hall–Kier alpha value is -2.18. The van der Waals surface area contributed by atoms with Gasteiger partial charge in [0.2, 0.25) is 10.0 Å². The summed E-state index contributed by atoms with van der Waals surface area (Å²) in [7, 11) is -3.64. The lowest BCUT2D eigenvalue weighted by Crippen LogP contribution is -2.36.